The first-order chi connectivity index (χ1) is 14.0. The van der Waals surface area contributed by atoms with Crippen LogP contribution in [0.1, 0.15) is 32.6 Å². The number of nitrogens with zero attached hydrogens (tertiary/aromatic N) is 3. The number of piperidine rings is 1. The molecule has 0 bridgehead atoms. The van der Waals surface area contributed by atoms with Gasteiger partial charge in [0.1, 0.15) is 5.75 Å². The van der Waals surface area contributed by atoms with E-state index in [9.17, 15) is 13.2 Å². The zero-order chi connectivity index (χ0) is 20.7. The molecule has 1 aromatic carbocycles. The van der Waals surface area contributed by atoms with E-state index in [0.29, 0.717) is 18.3 Å². The predicted molar refractivity (Wildman–Crippen MR) is 108 cm³/mol. The van der Waals surface area contributed by atoms with Gasteiger partial charge in [-0.25, -0.2) is 18.2 Å². The number of rotatable bonds is 9. The van der Waals surface area contributed by atoms with Crippen LogP contribution in [0.5, 0.6) is 5.75 Å². The minimum atomic E-state index is -3.70. The van der Waals surface area contributed by atoms with Crippen molar-refractivity contribution in [2.24, 2.45) is 0 Å². The van der Waals surface area contributed by atoms with Crippen molar-refractivity contribution < 1.29 is 17.9 Å². The molecule has 1 fully saturated rings. The van der Waals surface area contributed by atoms with E-state index in [2.05, 4.69) is 30.1 Å². The summed E-state index contributed by atoms with van der Waals surface area (Å²) in [4.78, 5) is 18.5. The minimum absolute atomic E-state index is 0.0317. The molecule has 1 aliphatic rings. The number of H-pyrrole nitrogens is 1. The van der Waals surface area contributed by atoms with Gasteiger partial charge in [-0.2, -0.15) is 4.98 Å². The molecule has 11 heteroatoms. The van der Waals surface area contributed by atoms with Crippen LogP contribution >= 0.6 is 0 Å². The monoisotopic (exact) mass is 422 g/mol. The molecule has 1 aromatic heterocycles. The maximum atomic E-state index is 12.3. The van der Waals surface area contributed by atoms with Gasteiger partial charge in [-0.05, 0) is 50.5 Å². The van der Waals surface area contributed by atoms with Crippen molar-refractivity contribution in [1.29, 1.82) is 0 Å². The van der Waals surface area contributed by atoms with E-state index < -0.39 is 10.0 Å². The summed E-state index contributed by atoms with van der Waals surface area (Å²) in [6, 6.07) is 6.11. The molecule has 3 N–H and O–H groups in total. The molecule has 0 radical (unpaired) electrons. The first-order valence-corrected chi connectivity index (χ1v) is 11.2. The quantitative estimate of drug-likeness (QED) is 0.558. The Kier molecular flexibility index (Phi) is 7.04. The number of sulfonamides is 1. The third kappa shape index (κ3) is 5.91. The molecule has 29 heavy (non-hydrogen) atoms. The van der Waals surface area contributed by atoms with Crippen LogP contribution in [0.4, 0.5) is 11.9 Å². The van der Waals surface area contributed by atoms with Crippen LogP contribution in [0, 0.1) is 0 Å². The van der Waals surface area contributed by atoms with Gasteiger partial charge in [-0.1, -0.05) is 0 Å². The van der Waals surface area contributed by atoms with Crippen LogP contribution in [0.2, 0.25) is 0 Å². The molecular weight excluding hydrogens is 396 g/mol. The first-order valence-electron chi connectivity index (χ1n) is 9.67. The van der Waals surface area contributed by atoms with Gasteiger partial charge < -0.3 is 9.64 Å². The fourth-order valence-corrected chi connectivity index (χ4v) is 4.03. The largest absolute Gasteiger partial charge is 0.494 e. The summed E-state index contributed by atoms with van der Waals surface area (Å²) in [5.74, 6) is 1.06. The number of aromatic amines is 1. The molecule has 3 rings (SSSR count). The van der Waals surface area contributed by atoms with Crippen molar-refractivity contribution in [3.05, 3.63) is 24.3 Å². The number of benzene rings is 1. The van der Waals surface area contributed by atoms with Gasteiger partial charge in [-0.3, -0.25) is 10.1 Å². The summed E-state index contributed by atoms with van der Waals surface area (Å²) in [6.45, 7) is 4.13. The molecular formula is C18H26N6O4S. The number of amides is 1. The number of hydrogen-bond acceptors (Lipinski definition) is 7. The summed E-state index contributed by atoms with van der Waals surface area (Å²) in [6.07, 6.45) is 3.38. The number of anilines is 2. The highest BCUT2D eigenvalue weighted by Crippen LogP contribution is 2.17. The van der Waals surface area contributed by atoms with Crippen LogP contribution in [0.15, 0.2) is 29.2 Å². The Labute approximate surface area is 170 Å². The van der Waals surface area contributed by atoms with Gasteiger partial charge >= 0.3 is 0 Å². The van der Waals surface area contributed by atoms with Crippen molar-refractivity contribution in [3.8, 4) is 5.75 Å². The molecule has 1 saturated heterocycles. The lowest BCUT2D eigenvalue weighted by molar-refractivity contribution is -0.116. The van der Waals surface area contributed by atoms with Crippen molar-refractivity contribution >= 4 is 27.8 Å². The standard InChI is InChI=1S/C18H26N6O4S/c1-2-28-14-6-8-15(9-7-14)29(26,27)19-11-10-16(25)20-17-21-18(23-22-17)24-12-4-3-5-13-24/h6-9,19H,2-5,10-13H2,1H3,(H2,20,21,22,23,25). The second-order valence-corrected chi connectivity index (χ2v) is 8.40. The van der Waals surface area contributed by atoms with Crippen LogP contribution in [0.25, 0.3) is 0 Å². The third-order valence-corrected chi connectivity index (χ3v) is 5.94. The van der Waals surface area contributed by atoms with E-state index in [1.54, 1.807) is 12.1 Å². The summed E-state index contributed by atoms with van der Waals surface area (Å²) in [5.41, 5.74) is 0. The Morgan fingerprint density at radius 2 is 1.93 bits per heavy atom. The maximum absolute atomic E-state index is 12.3. The van der Waals surface area contributed by atoms with E-state index in [4.69, 9.17) is 4.74 Å². The van der Waals surface area contributed by atoms with Gasteiger partial charge in [0.05, 0.1) is 11.5 Å². The minimum Gasteiger partial charge on any atom is -0.494 e. The second-order valence-electron chi connectivity index (χ2n) is 6.63. The second kappa shape index (κ2) is 9.70. The number of carbonyl (C=O) groups excluding carboxylic acids is 1. The highest BCUT2D eigenvalue weighted by Gasteiger charge is 2.17. The predicted octanol–water partition coefficient (Wildman–Crippen LogP) is 1.50. The number of carbonyl (C=O) groups is 1. The van der Waals surface area contributed by atoms with E-state index >= 15 is 0 Å². The first kappa shape index (κ1) is 21.1. The van der Waals surface area contributed by atoms with Crippen molar-refractivity contribution in [1.82, 2.24) is 19.9 Å². The third-order valence-electron chi connectivity index (χ3n) is 4.46. The maximum Gasteiger partial charge on any atom is 0.246 e. The molecule has 10 nitrogen and oxygen atoms in total. The lowest BCUT2D eigenvalue weighted by Gasteiger charge is -2.24. The molecule has 2 heterocycles. The molecule has 0 atom stereocenters. The summed E-state index contributed by atoms with van der Waals surface area (Å²) < 4.78 is 32.3. The van der Waals surface area contributed by atoms with Crippen LogP contribution in [-0.4, -0.2) is 55.7 Å². The average Bonchev–Trinajstić information content (AvgIpc) is 3.17. The zero-order valence-electron chi connectivity index (χ0n) is 16.3. The van der Waals surface area contributed by atoms with E-state index in [1.807, 2.05) is 6.92 Å². The van der Waals surface area contributed by atoms with E-state index in [-0.39, 0.29) is 29.7 Å². The van der Waals surface area contributed by atoms with Crippen molar-refractivity contribution in [2.75, 3.05) is 36.5 Å². The fourth-order valence-electron chi connectivity index (χ4n) is 3.00. The van der Waals surface area contributed by atoms with E-state index in [0.717, 1.165) is 25.9 Å². The molecule has 0 saturated carbocycles. The lowest BCUT2D eigenvalue weighted by atomic mass is 10.1. The van der Waals surface area contributed by atoms with Crippen LogP contribution in [0.3, 0.4) is 0 Å². The Hall–Kier alpha value is -2.66. The normalized spacial score (nSPS) is 14.6. The summed E-state index contributed by atoms with van der Waals surface area (Å²) in [7, 11) is -3.70. The average molecular weight is 423 g/mol. The SMILES string of the molecule is CCOc1ccc(S(=O)(=O)NCCC(=O)Nc2nc(N3CCCCC3)n[nH]2)cc1. The smallest absolute Gasteiger partial charge is 0.246 e. The number of hydrogen-bond donors (Lipinski definition) is 3. The molecule has 0 spiro atoms. The Morgan fingerprint density at radius 3 is 2.62 bits per heavy atom. The van der Waals surface area contributed by atoms with Gasteiger partial charge in [0.15, 0.2) is 0 Å². The molecule has 0 unspecified atom stereocenters. The summed E-state index contributed by atoms with van der Waals surface area (Å²) in [5, 5.41) is 9.43. The number of ether oxygens (including phenoxy) is 1. The highest BCUT2D eigenvalue weighted by atomic mass is 32.2. The summed E-state index contributed by atoms with van der Waals surface area (Å²) >= 11 is 0. The Balaban J connectivity index is 1.46. The zero-order valence-corrected chi connectivity index (χ0v) is 17.2. The molecule has 1 aliphatic heterocycles. The van der Waals surface area contributed by atoms with Gasteiger partial charge in [0, 0.05) is 26.1 Å². The van der Waals surface area contributed by atoms with Gasteiger partial charge in [0.25, 0.3) is 0 Å². The fraction of sp³-hybridized carbons (Fsp3) is 0.500. The van der Waals surface area contributed by atoms with Gasteiger partial charge in [-0.15, -0.1) is 5.10 Å². The highest BCUT2D eigenvalue weighted by molar-refractivity contribution is 7.89. The van der Waals surface area contributed by atoms with E-state index in [1.165, 1.54) is 18.6 Å². The number of nitrogens with one attached hydrogen (secondary N) is 3. The van der Waals surface area contributed by atoms with Crippen molar-refractivity contribution in [2.45, 2.75) is 37.5 Å². The molecule has 0 aliphatic carbocycles. The lowest BCUT2D eigenvalue weighted by Crippen LogP contribution is -2.30. The van der Waals surface area contributed by atoms with Crippen LogP contribution in [-0.2, 0) is 14.8 Å². The van der Waals surface area contributed by atoms with Crippen molar-refractivity contribution in [3.63, 3.8) is 0 Å². The Bertz CT molecular complexity index is 907. The topological polar surface area (TPSA) is 129 Å². The molecule has 1 amide bonds. The molecule has 158 valence electrons. The van der Waals surface area contributed by atoms with Gasteiger partial charge in [0.2, 0.25) is 27.8 Å². The number of aromatic nitrogens is 3. The molecule has 2 aromatic rings. The van der Waals surface area contributed by atoms with Crippen LogP contribution < -0.4 is 19.7 Å². The Morgan fingerprint density at radius 1 is 1.21 bits per heavy atom.